The first-order valence-electron chi connectivity index (χ1n) is 15.3. The Morgan fingerprint density at radius 2 is 1.83 bits per heavy atom. The van der Waals surface area contributed by atoms with Crippen molar-refractivity contribution in [3.8, 4) is 28.5 Å². The predicted molar refractivity (Wildman–Crippen MR) is 175 cm³/mol. The van der Waals surface area contributed by atoms with E-state index in [0.29, 0.717) is 59.5 Å². The lowest BCUT2D eigenvalue weighted by atomic mass is 10.1. The van der Waals surface area contributed by atoms with Crippen LogP contribution in [0.25, 0.3) is 22.3 Å². The number of nitrogens with two attached hydrogens (primary N) is 1. The fraction of sp³-hybridized carbons (Fsp3) is 0.294. The molecule has 1 aliphatic rings. The topological polar surface area (TPSA) is 137 Å². The van der Waals surface area contributed by atoms with Gasteiger partial charge in [0.1, 0.15) is 53.3 Å². The number of aromatic nitrogens is 6. The Kier molecular flexibility index (Phi) is 9.34. The van der Waals surface area contributed by atoms with Crippen LogP contribution in [0.15, 0.2) is 73.3 Å². The fourth-order valence-corrected chi connectivity index (χ4v) is 5.49. The zero-order valence-electron chi connectivity index (χ0n) is 26.5. The summed E-state index contributed by atoms with van der Waals surface area (Å²) < 4.78 is 28.0. The maximum atomic E-state index is 14.4. The second kappa shape index (κ2) is 13.9. The maximum absolute atomic E-state index is 14.4. The van der Waals surface area contributed by atoms with E-state index in [0.717, 1.165) is 24.0 Å². The molecule has 0 spiro atoms. The summed E-state index contributed by atoms with van der Waals surface area (Å²) in [6, 6.07) is 11.4. The molecule has 1 saturated heterocycles. The molecule has 4 heterocycles. The van der Waals surface area contributed by atoms with Crippen LogP contribution in [0.5, 0.6) is 17.2 Å². The van der Waals surface area contributed by atoms with Gasteiger partial charge >= 0.3 is 0 Å². The van der Waals surface area contributed by atoms with Crippen LogP contribution in [0.1, 0.15) is 24.2 Å². The summed E-state index contributed by atoms with van der Waals surface area (Å²) >= 11 is 0. The molecule has 2 N–H and O–H groups in total. The summed E-state index contributed by atoms with van der Waals surface area (Å²) in [6.07, 6.45) is 10.1. The summed E-state index contributed by atoms with van der Waals surface area (Å²) in [5, 5.41) is 5.54. The number of hydrogen-bond acceptors (Lipinski definition) is 10. The Morgan fingerprint density at radius 3 is 2.60 bits per heavy atom. The molecule has 6 rings (SSSR count). The van der Waals surface area contributed by atoms with E-state index in [1.165, 1.54) is 18.5 Å². The number of nitrogens with zero attached hydrogens (tertiary/aromatic N) is 8. The predicted octanol–water partition coefficient (Wildman–Crippen LogP) is 4.79. The summed E-state index contributed by atoms with van der Waals surface area (Å²) in [5.74, 6) is 1.57. The highest BCUT2D eigenvalue weighted by atomic mass is 19.1. The van der Waals surface area contributed by atoms with Crippen LogP contribution in [0.4, 0.5) is 10.2 Å². The quantitative estimate of drug-likeness (QED) is 0.201. The van der Waals surface area contributed by atoms with Gasteiger partial charge in [0, 0.05) is 60.9 Å². The van der Waals surface area contributed by atoms with E-state index in [1.54, 1.807) is 43.6 Å². The van der Waals surface area contributed by atoms with Crippen LogP contribution in [-0.4, -0.2) is 78.7 Å². The highest BCUT2D eigenvalue weighted by Crippen LogP contribution is 2.34. The van der Waals surface area contributed by atoms with Gasteiger partial charge in [0.25, 0.3) is 0 Å². The zero-order chi connectivity index (χ0) is 32.9. The van der Waals surface area contributed by atoms with Gasteiger partial charge in [0.05, 0.1) is 18.0 Å². The third-order valence-electron chi connectivity index (χ3n) is 7.78. The second-order valence-corrected chi connectivity index (χ2v) is 11.7. The molecule has 1 amide bonds. The highest BCUT2D eigenvalue weighted by molar-refractivity contribution is 5.98. The van der Waals surface area contributed by atoms with Crippen molar-refractivity contribution in [3.63, 3.8) is 0 Å². The minimum absolute atomic E-state index is 0.00592. The maximum Gasteiger partial charge on any atom is 0.246 e. The molecular weight excluding hydrogens is 601 g/mol. The largest absolute Gasteiger partial charge is 0.489 e. The third kappa shape index (κ3) is 7.52. The third-order valence-corrected chi connectivity index (χ3v) is 7.78. The molecule has 3 aromatic heterocycles. The molecule has 242 valence electrons. The van der Waals surface area contributed by atoms with E-state index < -0.39 is 5.82 Å². The Hall–Kier alpha value is -5.43. The van der Waals surface area contributed by atoms with E-state index >= 15 is 0 Å². The molecule has 0 unspecified atom stereocenters. The van der Waals surface area contributed by atoms with Crippen LogP contribution < -0.4 is 15.2 Å². The number of halogens is 1. The van der Waals surface area contributed by atoms with E-state index in [-0.39, 0.29) is 24.3 Å². The van der Waals surface area contributed by atoms with Crippen LogP contribution in [0.2, 0.25) is 0 Å². The van der Waals surface area contributed by atoms with Crippen molar-refractivity contribution in [2.75, 3.05) is 32.9 Å². The minimum atomic E-state index is -0.492. The Labute approximate surface area is 271 Å². The number of likely N-dealkylation sites (N-methyl/N-ethyl adjacent to an activating group) is 1. The standard InChI is InChI=1S/C34H36FN9O3/c1-22-37-17-23(18-38-22)20-46-28-14-25(35)15-29(16-28)47-27-10-8-24(9-11-27)32-31-33(36)39-21-40-34(31)44(41-32)19-26-6-4-13-43(26)30(45)7-5-12-42(2)3/h5,7-11,14-18,21,26H,4,6,12-13,19-20H2,1-3H3,(H2,36,39,40)/b7-5+/t26-/m1/s1. The Balaban J connectivity index is 1.19. The van der Waals surface area contributed by atoms with E-state index in [1.807, 2.05) is 46.8 Å². The number of ether oxygens (including phenoxy) is 2. The van der Waals surface area contributed by atoms with Crippen molar-refractivity contribution < 1.29 is 18.7 Å². The van der Waals surface area contributed by atoms with E-state index in [2.05, 4.69) is 19.9 Å². The number of carbonyl (C=O) groups is 1. The molecule has 1 aliphatic heterocycles. The van der Waals surface area contributed by atoms with Gasteiger partial charge in [-0.15, -0.1) is 0 Å². The summed E-state index contributed by atoms with van der Waals surface area (Å²) in [4.78, 5) is 33.9. The zero-order valence-corrected chi connectivity index (χ0v) is 26.5. The number of anilines is 1. The fourth-order valence-electron chi connectivity index (χ4n) is 5.49. The molecule has 0 radical (unpaired) electrons. The number of fused-ring (bicyclic) bond motifs is 1. The molecule has 13 heteroatoms. The number of rotatable bonds is 11. The second-order valence-electron chi connectivity index (χ2n) is 11.7. The van der Waals surface area contributed by atoms with E-state index in [4.69, 9.17) is 20.3 Å². The van der Waals surface area contributed by atoms with Crippen molar-refractivity contribution in [3.05, 3.63) is 90.5 Å². The smallest absolute Gasteiger partial charge is 0.246 e. The molecule has 12 nitrogen and oxygen atoms in total. The van der Waals surface area contributed by atoms with Gasteiger partial charge in [-0.3, -0.25) is 4.79 Å². The van der Waals surface area contributed by atoms with Gasteiger partial charge in [-0.2, -0.15) is 5.10 Å². The van der Waals surface area contributed by atoms with Crippen LogP contribution in [-0.2, 0) is 17.9 Å². The van der Waals surface area contributed by atoms with Gasteiger partial charge in [-0.1, -0.05) is 6.08 Å². The lowest BCUT2D eigenvalue weighted by Crippen LogP contribution is -2.37. The van der Waals surface area contributed by atoms with Crippen molar-refractivity contribution in [2.24, 2.45) is 0 Å². The van der Waals surface area contributed by atoms with Gasteiger partial charge in [0.2, 0.25) is 5.91 Å². The van der Waals surface area contributed by atoms with E-state index in [9.17, 15) is 9.18 Å². The Morgan fingerprint density at radius 1 is 1.06 bits per heavy atom. The summed E-state index contributed by atoms with van der Waals surface area (Å²) in [6.45, 7) is 3.85. The molecular formula is C34H36FN9O3. The lowest BCUT2D eigenvalue weighted by molar-refractivity contribution is -0.127. The van der Waals surface area contributed by atoms with Gasteiger partial charge < -0.3 is 25.0 Å². The van der Waals surface area contributed by atoms with Crippen LogP contribution >= 0.6 is 0 Å². The van der Waals surface area contributed by atoms with Crippen LogP contribution in [0.3, 0.4) is 0 Å². The normalized spacial score (nSPS) is 14.8. The number of nitrogen functional groups attached to an aromatic ring is 1. The summed E-state index contributed by atoms with van der Waals surface area (Å²) in [5.41, 5.74) is 9.09. The number of hydrogen-bond donors (Lipinski definition) is 1. The molecule has 0 bridgehead atoms. The molecule has 0 aliphatic carbocycles. The molecule has 1 fully saturated rings. The van der Waals surface area contributed by atoms with Gasteiger partial charge in [0.15, 0.2) is 5.65 Å². The average Bonchev–Trinajstić information content (AvgIpc) is 3.66. The first-order valence-corrected chi connectivity index (χ1v) is 15.3. The number of aryl methyl sites for hydroxylation is 1. The van der Waals surface area contributed by atoms with Crippen LogP contribution in [0, 0.1) is 12.7 Å². The lowest BCUT2D eigenvalue weighted by Gasteiger charge is -2.23. The molecule has 5 aromatic rings. The first-order chi connectivity index (χ1) is 22.7. The number of benzene rings is 2. The highest BCUT2D eigenvalue weighted by Gasteiger charge is 2.29. The first kappa shape index (κ1) is 31.5. The average molecular weight is 638 g/mol. The minimum Gasteiger partial charge on any atom is -0.489 e. The van der Waals surface area contributed by atoms with Crippen molar-refractivity contribution in [1.82, 2.24) is 39.5 Å². The SMILES string of the molecule is Cc1ncc(COc2cc(F)cc(Oc3ccc(-c4nn(C[C@H]5CCCN5C(=O)/C=C/CN(C)C)c5ncnc(N)c45)cc3)c2)cn1. The summed E-state index contributed by atoms with van der Waals surface area (Å²) in [7, 11) is 3.92. The molecule has 47 heavy (non-hydrogen) atoms. The molecule has 1 atom stereocenters. The monoisotopic (exact) mass is 637 g/mol. The molecule has 2 aromatic carbocycles. The van der Waals surface area contributed by atoms with Gasteiger partial charge in [-0.05, 0) is 58.1 Å². The molecule has 0 saturated carbocycles. The number of amides is 1. The Bertz CT molecular complexity index is 1890. The van der Waals surface area contributed by atoms with Gasteiger partial charge in [-0.25, -0.2) is 29.0 Å². The number of likely N-dealkylation sites (tertiary alicyclic amines) is 1. The van der Waals surface area contributed by atoms with Crippen molar-refractivity contribution in [2.45, 2.75) is 39.0 Å². The number of carbonyl (C=O) groups excluding carboxylic acids is 1. The van der Waals surface area contributed by atoms with Crippen molar-refractivity contribution >= 4 is 22.8 Å². The van der Waals surface area contributed by atoms with Crippen molar-refractivity contribution in [1.29, 1.82) is 0 Å².